The molecule has 1 aromatic rings. The third-order valence-corrected chi connectivity index (χ3v) is 3.56. The monoisotopic (exact) mass is 280 g/mol. The Morgan fingerprint density at radius 2 is 2.05 bits per heavy atom. The molecule has 2 rings (SSSR count). The standard InChI is InChI=1S/C13H24N6O/c1-4-18(5-2)12-15-11(14-3)16-13(17-12)19-8-6-7-10(20)9-19/h10,20H,4-9H2,1-3H3,(H,14,15,16,17). The summed E-state index contributed by atoms with van der Waals surface area (Å²) >= 11 is 0. The van der Waals surface area contributed by atoms with Gasteiger partial charge in [-0.1, -0.05) is 0 Å². The molecule has 1 aromatic heterocycles. The van der Waals surface area contributed by atoms with Gasteiger partial charge in [0.2, 0.25) is 17.8 Å². The third-order valence-electron chi connectivity index (χ3n) is 3.56. The predicted octanol–water partition coefficient (Wildman–Crippen LogP) is 0.721. The molecule has 20 heavy (non-hydrogen) atoms. The van der Waals surface area contributed by atoms with Crippen LogP contribution in [0.15, 0.2) is 0 Å². The molecule has 0 saturated carbocycles. The lowest BCUT2D eigenvalue weighted by Gasteiger charge is -2.30. The molecule has 7 nitrogen and oxygen atoms in total. The summed E-state index contributed by atoms with van der Waals surface area (Å²) in [5.74, 6) is 1.89. The highest BCUT2D eigenvalue weighted by Crippen LogP contribution is 2.20. The van der Waals surface area contributed by atoms with E-state index in [0.29, 0.717) is 24.4 Å². The number of hydrogen-bond donors (Lipinski definition) is 2. The lowest BCUT2D eigenvalue weighted by atomic mass is 10.1. The van der Waals surface area contributed by atoms with Gasteiger partial charge in [-0.3, -0.25) is 0 Å². The summed E-state index contributed by atoms with van der Waals surface area (Å²) in [7, 11) is 1.80. The van der Waals surface area contributed by atoms with Crippen LogP contribution < -0.4 is 15.1 Å². The smallest absolute Gasteiger partial charge is 0.232 e. The van der Waals surface area contributed by atoms with Gasteiger partial charge in [0, 0.05) is 33.2 Å². The van der Waals surface area contributed by atoms with E-state index in [1.807, 2.05) is 4.90 Å². The summed E-state index contributed by atoms with van der Waals surface area (Å²) in [5, 5.41) is 12.8. The van der Waals surface area contributed by atoms with Crippen LogP contribution in [0.1, 0.15) is 26.7 Å². The Morgan fingerprint density at radius 3 is 2.65 bits per heavy atom. The van der Waals surface area contributed by atoms with Crippen molar-refractivity contribution in [3.63, 3.8) is 0 Å². The van der Waals surface area contributed by atoms with Gasteiger partial charge < -0.3 is 20.2 Å². The van der Waals surface area contributed by atoms with E-state index in [4.69, 9.17) is 0 Å². The Labute approximate surface area is 120 Å². The molecule has 1 aliphatic rings. The fraction of sp³-hybridized carbons (Fsp3) is 0.769. The first-order valence-corrected chi connectivity index (χ1v) is 7.29. The number of β-amino-alcohol motifs (C(OH)–C–C–N with tert-alkyl or cyclic N) is 1. The summed E-state index contributed by atoms with van der Waals surface area (Å²) in [4.78, 5) is 17.5. The van der Waals surface area contributed by atoms with Crippen molar-refractivity contribution in [3.05, 3.63) is 0 Å². The van der Waals surface area contributed by atoms with Crippen LogP contribution in [0.4, 0.5) is 17.8 Å². The zero-order valence-electron chi connectivity index (χ0n) is 12.5. The van der Waals surface area contributed by atoms with E-state index in [1.165, 1.54) is 0 Å². The molecule has 0 radical (unpaired) electrons. The average molecular weight is 280 g/mol. The maximum absolute atomic E-state index is 9.80. The molecule has 1 fully saturated rings. The molecule has 1 atom stereocenters. The number of nitrogens with one attached hydrogen (secondary N) is 1. The van der Waals surface area contributed by atoms with E-state index in [1.54, 1.807) is 7.05 Å². The first kappa shape index (κ1) is 14.8. The Kier molecular flexibility index (Phi) is 4.94. The van der Waals surface area contributed by atoms with E-state index in [0.717, 1.165) is 32.5 Å². The first-order valence-electron chi connectivity index (χ1n) is 7.29. The van der Waals surface area contributed by atoms with Gasteiger partial charge in [0.05, 0.1) is 6.10 Å². The molecule has 2 heterocycles. The molecular weight excluding hydrogens is 256 g/mol. The topological polar surface area (TPSA) is 77.4 Å². The number of anilines is 3. The van der Waals surface area contributed by atoms with E-state index in [-0.39, 0.29) is 6.10 Å². The minimum absolute atomic E-state index is 0.296. The van der Waals surface area contributed by atoms with Gasteiger partial charge in [0.15, 0.2) is 0 Å². The van der Waals surface area contributed by atoms with Crippen LogP contribution in [-0.2, 0) is 0 Å². The lowest BCUT2D eigenvalue weighted by molar-refractivity contribution is 0.153. The zero-order valence-corrected chi connectivity index (χ0v) is 12.5. The summed E-state index contributed by atoms with van der Waals surface area (Å²) < 4.78 is 0. The highest BCUT2D eigenvalue weighted by molar-refractivity contribution is 5.45. The largest absolute Gasteiger partial charge is 0.391 e. The maximum atomic E-state index is 9.80. The van der Waals surface area contributed by atoms with E-state index in [9.17, 15) is 5.11 Å². The van der Waals surface area contributed by atoms with Crippen molar-refractivity contribution in [1.82, 2.24) is 15.0 Å². The van der Waals surface area contributed by atoms with E-state index < -0.39 is 0 Å². The molecule has 0 bridgehead atoms. The van der Waals surface area contributed by atoms with Crippen molar-refractivity contribution in [2.24, 2.45) is 0 Å². The van der Waals surface area contributed by atoms with Crippen molar-refractivity contribution < 1.29 is 5.11 Å². The summed E-state index contributed by atoms with van der Waals surface area (Å²) in [6.45, 7) is 7.33. The second-order valence-corrected chi connectivity index (χ2v) is 4.92. The molecule has 0 aromatic carbocycles. The predicted molar refractivity (Wildman–Crippen MR) is 80.4 cm³/mol. The quantitative estimate of drug-likeness (QED) is 0.823. The third kappa shape index (κ3) is 3.27. The second-order valence-electron chi connectivity index (χ2n) is 4.92. The van der Waals surface area contributed by atoms with Gasteiger partial charge >= 0.3 is 0 Å². The molecular formula is C13H24N6O. The van der Waals surface area contributed by atoms with Gasteiger partial charge in [-0.05, 0) is 26.7 Å². The van der Waals surface area contributed by atoms with Crippen molar-refractivity contribution >= 4 is 17.8 Å². The van der Waals surface area contributed by atoms with Crippen molar-refractivity contribution in [3.8, 4) is 0 Å². The highest BCUT2D eigenvalue weighted by Gasteiger charge is 2.21. The van der Waals surface area contributed by atoms with Gasteiger partial charge in [0.25, 0.3) is 0 Å². The van der Waals surface area contributed by atoms with Gasteiger partial charge in [-0.25, -0.2) is 0 Å². The molecule has 1 aliphatic heterocycles. The second kappa shape index (κ2) is 6.69. The number of nitrogens with zero attached hydrogens (tertiary/aromatic N) is 5. The average Bonchev–Trinajstić information content (AvgIpc) is 2.48. The SMILES string of the molecule is CCN(CC)c1nc(NC)nc(N2CCCC(O)C2)n1. The van der Waals surface area contributed by atoms with Crippen LogP contribution in [0.2, 0.25) is 0 Å². The molecule has 0 spiro atoms. The molecule has 0 aliphatic carbocycles. The minimum atomic E-state index is -0.296. The maximum Gasteiger partial charge on any atom is 0.232 e. The van der Waals surface area contributed by atoms with Crippen molar-refractivity contribution in [2.75, 3.05) is 48.3 Å². The van der Waals surface area contributed by atoms with Gasteiger partial charge in [-0.15, -0.1) is 0 Å². The summed E-state index contributed by atoms with van der Waals surface area (Å²) in [6.07, 6.45) is 1.52. The molecule has 112 valence electrons. The number of aliphatic hydroxyl groups excluding tert-OH is 1. The Hall–Kier alpha value is -1.63. The zero-order chi connectivity index (χ0) is 14.5. The van der Waals surface area contributed by atoms with Crippen molar-refractivity contribution in [2.45, 2.75) is 32.8 Å². The van der Waals surface area contributed by atoms with Crippen LogP contribution >= 0.6 is 0 Å². The summed E-state index contributed by atoms with van der Waals surface area (Å²) in [6, 6.07) is 0. The van der Waals surface area contributed by atoms with Crippen LogP contribution in [0.3, 0.4) is 0 Å². The molecule has 2 N–H and O–H groups in total. The van der Waals surface area contributed by atoms with E-state index >= 15 is 0 Å². The van der Waals surface area contributed by atoms with Gasteiger partial charge in [0.1, 0.15) is 0 Å². The highest BCUT2D eigenvalue weighted by atomic mass is 16.3. The number of aliphatic hydroxyl groups is 1. The Bertz CT molecular complexity index is 437. The Morgan fingerprint density at radius 1 is 1.30 bits per heavy atom. The van der Waals surface area contributed by atoms with Crippen molar-refractivity contribution in [1.29, 1.82) is 0 Å². The molecule has 1 unspecified atom stereocenters. The Balaban J connectivity index is 2.29. The fourth-order valence-corrected chi connectivity index (χ4v) is 2.39. The number of hydrogen-bond acceptors (Lipinski definition) is 7. The normalized spacial score (nSPS) is 19.0. The van der Waals surface area contributed by atoms with Crippen LogP contribution in [-0.4, -0.2) is 59.4 Å². The molecule has 7 heteroatoms. The molecule has 0 amide bonds. The van der Waals surface area contributed by atoms with Crippen LogP contribution in [0, 0.1) is 0 Å². The molecule has 1 saturated heterocycles. The van der Waals surface area contributed by atoms with Gasteiger partial charge in [-0.2, -0.15) is 15.0 Å². The number of piperidine rings is 1. The minimum Gasteiger partial charge on any atom is -0.391 e. The lowest BCUT2D eigenvalue weighted by Crippen LogP contribution is -2.39. The first-order chi connectivity index (χ1) is 9.67. The van der Waals surface area contributed by atoms with Crippen LogP contribution in [0.25, 0.3) is 0 Å². The van der Waals surface area contributed by atoms with E-state index in [2.05, 4.69) is 39.0 Å². The number of rotatable bonds is 5. The number of aromatic nitrogens is 3. The summed E-state index contributed by atoms with van der Waals surface area (Å²) in [5.41, 5.74) is 0. The fourth-order valence-electron chi connectivity index (χ4n) is 2.39. The van der Waals surface area contributed by atoms with Crippen LogP contribution in [0.5, 0.6) is 0 Å².